The molecule has 0 bridgehead atoms. The molecule has 0 unspecified atom stereocenters. The summed E-state index contributed by atoms with van der Waals surface area (Å²) in [5, 5.41) is 0. The largest absolute Gasteiger partial charge is 0.304 e. The third-order valence-electron chi connectivity index (χ3n) is 2.51. The molecular weight excluding hydrogens is 164 g/mol. The molecule has 0 radical (unpaired) electrons. The van der Waals surface area contributed by atoms with E-state index in [9.17, 15) is 4.79 Å². The normalized spacial score (nSPS) is 20.1. The number of hydrogen-bond donors (Lipinski definition) is 0. The molecule has 13 heavy (non-hydrogen) atoms. The van der Waals surface area contributed by atoms with Crippen molar-refractivity contribution in [2.24, 2.45) is 0 Å². The number of hydrogen-bond acceptors (Lipinski definition) is 3. The maximum absolute atomic E-state index is 10.3. The molecule has 0 aromatic heterocycles. The predicted octanol–water partition coefficient (Wildman–Crippen LogP) is 0.379. The van der Waals surface area contributed by atoms with Crippen molar-refractivity contribution in [3.63, 3.8) is 0 Å². The lowest BCUT2D eigenvalue weighted by molar-refractivity contribution is -0.105. The van der Waals surface area contributed by atoms with Gasteiger partial charge in [-0.3, -0.25) is 4.79 Å². The fourth-order valence-corrected chi connectivity index (χ4v) is 1.43. The number of carbonyl (C=O) groups excluding carboxylic acids is 1. The third kappa shape index (κ3) is 3.70. The van der Waals surface area contributed by atoms with Gasteiger partial charge in [0.2, 0.25) is 0 Å². The molecule has 0 amide bonds. The van der Waals surface area contributed by atoms with E-state index in [2.05, 4.69) is 23.4 Å². The summed E-state index contributed by atoms with van der Waals surface area (Å²) >= 11 is 0. The van der Waals surface area contributed by atoms with E-state index in [1.165, 1.54) is 0 Å². The van der Waals surface area contributed by atoms with E-state index in [0.29, 0.717) is 5.57 Å². The molecule has 0 aromatic carbocycles. The fourth-order valence-electron chi connectivity index (χ4n) is 1.43. The minimum atomic E-state index is 0.707. The van der Waals surface area contributed by atoms with Gasteiger partial charge < -0.3 is 9.80 Å². The lowest BCUT2D eigenvalue weighted by atomic mass is 10.2. The van der Waals surface area contributed by atoms with Crippen molar-refractivity contribution in [2.75, 3.05) is 39.8 Å². The van der Waals surface area contributed by atoms with Crippen molar-refractivity contribution in [1.82, 2.24) is 9.80 Å². The SMILES string of the molecule is C=C(C=O)CCN1CCN(C)CC1. The van der Waals surface area contributed by atoms with Crippen LogP contribution in [0.1, 0.15) is 6.42 Å². The van der Waals surface area contributed by atoms with Crippen LogP contribution in [-0.2, 0) is 4.79 Å². The lowest BCUT2D eigenvalue weighted by Crippen LogP contribution is -2.44. The Bertz CT molecular complexity index is 183. The monoisotopic (exact) mass is 182 g/mol. The van der Waals surface area contributed by atoms with Gasteiger partial charge in [-0.15, -0.1) is 0 Å². The molecule has 3 heteroatoms. The molecule has 0 N–H and O–H groups in total. The van der Waals surface area contributed by atoms with Gasteiger partial charge in [0.05, 0.1) is 0 Å². The Morgan fingerprint density at radius 3 is 2.54 bits per heavy atom. The average Bonchev–Trinajstić information content (AvgIpc) is 2.16. The first-order valence-electron chi connectivity index (χ1n) is 4.76. The third-order valence-corrected chi connectivity index (χ3v) is 2.51. The quantitative estimate of drug-likeness (QED) is 0.464. The smallest absolute Gasteiger partial charge is 0.145 e. The molecule has 74 valence electrons. The van der Waals surface area contributed by atoms with E-state index >= 15 is 0 Å². The molecular formula is C10H18N2O. The Kier molecular flexibility index (Phi) is 4.12. The predicted molar refractivity (Wildman–Crippen MR) is 53.8 cm³/mol. The number of likely N-dealkylation sites (N-methyl/N-ethyl adjacent to an activating group) is 1. The summed E-state index contributed by atoms with van der Waals surface area (Å²) in [6, 6.07) is 0. The second-order valence-electron chi connectivity index (χ2n) is 3.67. The maximum atomic E-state index is 10.3. The molecule has 1 aliphatic rings. The van der Waals surface area contributed by atoms with Crippen LogP contribution in [-0.4, -0.2) is 55.9 Å². The summed E-state index contributed by atoms with van der Waals surface area (Å²) < 4.78 is 0. The van der Waals surface area contributed by atoms with Crippen LogP contribution in [0.25, 0.3) is 0 Å². The van der Waals surface area contributed by atoms with E-state index in [1.54, 1.807) is 0 Å². The molecule has 1 fully saturated rings. The lowest BCUT2D eigenvalue weighted by Gasteiger charge is -2.32. The maximum Gasteiger partial charge on any atom is 0.145 e. The topological polar surface area (TPSA) is 23.6 Å². The van der Waals surface area contributed by atoms with E-state index in [0.717, 1.165) is 45.4 Å². The highest BCUT2D eigenvalue weighted by atomic mass is 16.1. The van der Waals surface area contributed by atoms with Crippen molar-refractivity contribution in [2.45, 2.75) is 6.42 Å². The number of rotatable bonds is 4. The first kappa shape index (κ1) is 10.4. The molecule has 1 rings (SSSR count). The van der Waals surface area contributed by atoms with Gasteiger partial charge in [0.1, 0.15) is 6.29 Å². The molecule has 0 atom stereocenters. The Morgan fingerprint density at radius 1 is 1.38 bits per heavy atom. The second kappa shape index (κ2) is 5.14. The highest BCUT2D eigenvalue weighted by Gasteiger charge is 2.12. The average molecular weight is 182 g/mol. The van der Waals surface area contributed by atoms with Crippen molar-refractivity contribution in [1.29, 1.82) is 0 Å². The number of carbonyl (C=O) groups is 1. The fraction of sp³-hybridized carbons (Fsp3) is 0.700. The van der Waals surface area contributed by atoms with Gasteiger partial charge in [-0.1, -0.05) is 6.58 Å². The molecule has 0 aliphatic carbocycles. The molecule has 0 spiro atoms. The van der Waals surface area contributed by atoms with Crippen LogP contribution in [0.3, 0.4) is 0 Å². The van der Waals surface area contributed by atoms with Crippen LogP contribution in [0.2, 0.25) is 0 Å². The van der Waals surface area contributed by atoms with Crippen LogP contribution in [0.4, 0.5) is 0 Å². The molecule has 0 saturated carbocycles. The summed E-state index contributed by atoms with van der Waals surface area (Å²) in [6.45, 7) is 9.14. The Hall–Kier alpha value is -0.670. The van der Waals surface area contributed by atoms with E-state index in [4.69, 9.17) is 0 Å². The summed E-state index contributed by atoms with van der Waals surface area (Å²) in [5.41, 5.74) is 0.707. The number of piperazine rings is 1. The van der Waals surface area contributed by atoms with Crippen molar-refractivity contribution < 1.29 is 4.79 Å². The Morgan fingerprint density at radius 2 is 2.00 bits per heavy atom. The number of nitrogens with zero attached hydrogens (tertiary/aromatic N) is 2. The van der Waals surface area contributed by atoms with Crippen molar-refractivity contribution in [3.8, 4) is 0 Å². The zero-order valence-corrected chi connectivity index (χ0v) is 8.33. The van der Waals surface area contributed by atoms with Gasteiger partial charge in [-0.25, -0.2) is 0 Å². The molecule has 1 saturated heterocycles. The zero-order chi connectivity index (χ0) is 9.68. The molecule has 3 nitrogen and oxygen atoms in total. The van der Waals surface area contributed by atoms with E-state index < -0.39 is 0 Å². The van der Waals surface area contributed by atoms with Crippen LogP contribution in [0.5, 0.6) is 0 Å². The van der Waals surface area contributed by atoms with Gasteiger partial charge in [0.25, 0.3) is 0 Å². The zero-order valence-electron chi connectivity index (χ0n) is 8.33. The van der Waals surface area contributed by atoms with Crippen LogP contribution in [0.15, 0.2) is 12.2 Å². The van der Waals surface area contributed by atoms with E-state index in [1.807, 2.05) is 0 Å². The minimum Gasteiger partial charge on any atom is -0.304 e. The summed E-state index contributed by atoms with van der Waals surface area (Å²) in [7, 11) is 2.14. The first-order chi connectivity index (χ1) is 6.22. The van der Waals surface area contributed by atoms with Gasteiger partial charge in [0, 0.05) is 32.7 Å². The molecule has 0 aromatic rings. The first-order valence-corrected chi connectivity index (χ1v) is 4.76. The minimum absolute atomic E-state index is 0.707. The Labute approximate surface area is 80.0 Å². The highest BCUT2D eigenvalue weighted by molar-refractivity contribution is 5.71. The van der Waals surface area contributed by atoms with Crippen LogP contribution < -0.4 is 0 Å². The molecule has 1 heterocycles. The second-order valence-corrected chi connectivity index (χ2v) is 3.67. The standard InChI is InChI=1S/C10H18N2O/c1-10(9-13)3-4-12-7-5-11(2)6-8-12/h9H,1,3-8H2,2H3. The Balaban J connectivity index is 2.15. The van der Waals surface area contributed by atoms with Gasteiger partial charge in [0.15, 0.2) is 0 Å². The summed E-state index contributed by atoms with van der Waals surface area (Å²) in [4.78, 5) is 15.0. The van der Waals surface area contributed by atoms with Gasteiger partial charge >= 0.3 is 0 Å². The van der Waals surface area contributed by atoms with Gasteiger partial charge in [-0.2, -0.15) is 0 Å². The number of aldehydes is 1. The van der Waals surface area contributed by atoms with Crippen LogP contribution >= 0.6 is 0 Å². The van der Waals surface area contributed by atoms with Crippen molar-refractivity contribution in [3.05, 3.63) is 12.2 Å². The molecule has 1 aliphatic heterocycles. The summed E-state index contributed by atoms with van der Waals surface area (Å²) in [6.07, 6.45) is 1.67. The van der Waals surface area contributed by atoms with Gasteiger partial charge in [-0.05, 0) is 19.0 Å². The van der Waals surface area contributed by atoms with E-state index in [-0.39, 0.29) is 0 Å². The highest BCUT2D eigenvalue weighted by Crippen LogP contribution is 2.02. The van der Waals surface area contributed by atoms with Crippen LogP contribution in [0, 0.1) is 0 Å². The van der Waals surface area contributed by atoms with Crippen molar-refractivity contribution >= 4 is 6.29 Å². The summed E-state index contributed by atoms with van der Waals surface area (Å²) in [5.74, 6) is 0.